The van der Waals surface area contributed by atoms with Gasteiger partial charge in [-0.15, -0.1) is 11.3 Å². The minimum Gasteiger partial charge on any atom is -0.316 e. The lowest BCUT2D eigenvalue weighted by molar-refractivity contribution is 0.277. The van der Waals surface area contributed by atoms with E-state index in [-0.39, 0.29) is 0 Å². The van der Waals surface area contributed by atoms with E-state index in [0.29, 0.717) is 0 Å². The van der Waals surface area contributed by atoms with Crippen molar-refractivity contribution >= 4 is 11.3 Å². The van der Waals surface area contributed by atoms with Gasteiger partial charge in [-0.2, -0.15) is 0 Å². The molecule has 0 spiro atoms. The van der Waals surface area contributed by atoms with Crippen molar-refractivity contribution < 1.29 is 0 Å². The molecule has 0 atom stereocenters. The third-order valence-electron chi connectivity index (χ3n) is 3.47. The predicted molar refractivity (Wildman–Crippen MR) is 76.6 cm³/mol. The molecule has 1 rings (SSSR count). The number of hydrogen-bond acceptors (Lipinski definition) is 3. The summed E-state index contributed by atoms with van der Waals surface area (Å²) in [4.78, 5) is 5.70. The van der Waals surface area contributed by atoms with Gasteiger partial charge in [-0.05, 0) is 37.6 Å². The van der Waals surface area contributed by atoms with Gasteiger partial charge < -0.3 is 5.32 Å². The minimum absolute atomic E-state index is 0.757. The highest BCUT2D eigenvalue weighted by Gasteiger charge is 2.16. The lowest BCUT2D eigenvalue weighted by atomic mass is 9.85. The minimum atomic E-state index is 0.757. The van der Waals surface area contributed by atoms with Crippen LogP contribution in [0.1, 0.15) is 38.3 Å². The summed E-state index contributed by atoms with van der Waals surface area (Å²) in [5.74, 6) is 2.29. The largest absolute Gasteiger partial charge is 0.316 e. The molecule has 0 saturated heterocycles. The van der Waals surface area contributed by atoms with E-state index in [0.717, 1.165) is 37.3 Å². The highest BCUT2D eigenvalue weighted by molar-refractivity contribution is 7.09. The van der Waals surface area contributed by atoms with Gasteiger partial charge in [0.1, 0.15) is 0 Å². The summed E-state index contributed by atoms with van der Waals surface area (Å²) in [6.07, 6.45) is 1.11. The third-order valence-corrected chi connectivity index (χ3v) is 4.46. The van der Waals surface area contributed by atoms with Crippen molar-refractivity contribution in [3.05, 3.63) is 16.1 Å². The number of aromatic nitrogens is 1. The van der Waals surface area contributed by atoms with E-state index in [2.05, 4.69) is 44.9 Å². The monoisotopic (exact) mass is 254 g/mol. The normalized spacial score (nSPS) is 12.0. The number of nitrogens with one attached hydrogen (secondary N) is 1. The van der Waals surface area contributed by atoms with E-state index in [1.54, 1.807) is 11.3 Å². The second-order valence-electron chi connectivity index (χ2n) is 5.47. The Labute approximate surface area is 110 Å². The molecule has 0 saturated carbocycles. The van der Waals surface area contributed by atoms with Crippen LogP contribution in [0.5, 0.6) is 0 Å². The summed E-state index contributed by atoms with van der Waals surface area (Å²) in [7, 11) is 0. The summed E-state index contributed by atoms with van der Waals surface area (Å²) in [6.45, 7) is 13.6. The molecular formula is C14H26N2S. The van der Waals surface area contributed by atoms with Gasteiger partial charge in [0.15, 0.2) is 0 Å². The van der Waals surface area contributed by atoms with Crippen LogP contribution in [-0.2, 0) is 6.42 Å². The Hall–Kier alpha value is -0.410. The number of thiazole rings is 1. The van der Waals surface area contributed by atoms with E-state index < -0.39 is 0 Å². The van der Waals surface area contributed by atoms with Crippen LogP contribution in [0.2, 0.25) is 0 Å². The van der Waals surface area contributed by atoms with Gasteiger partial charge in [-0.1, -0.05) is 27.7 Å². The maximum atomic E-state index is 4.28. The fourth-order valence-electron chi connectivity index (χ4n) is 2.28. The first-order valence-corrected chi connectivity index (χ1v) is 7.50. The topological polar surface area (TPSA) is 24.9 Å². The first-order valence-electron chi connectivity index (χ1n) is 6.62. The SMILES string of the molecule is Cc1ncsc1CCNCC(C(C)C)C(C)C. The molecule has 1 aromatic rings. The molecule has 0 aromatic carbocycles. The van der Waals surface area contributed by atoms with Crippen LogP contribution in [0.25, 0.3) is 0 Å². The molecule has 0 radical (unpaired) electrons. The Morgan fingerprint density at radius 1 is 1.24 bits per heavy atom. The highest BCUT2D eigenvalue weighted by atomic mass is 32.1. The summed E-state index contributed by atoms with van der Waals surface area (Å²) in [5, 5.41) is 3.59. The van der Waals surface area contributed by atoms with Gasteiger partial charge in [0.2, 0.25) is 0 Å². The van der Waals surface area contributed by atoms with Crippen LogP contribution in [-0.4, -0.2) is 18.1 Å². The van der Waals surface area contributed by atoms with Crippen molar-refractivity contribution in [2.24, 2.45) is 17.8 Å². The van der Waals surface area contributed by atoms with Gasteiger partial charge in [-0.25, -0.2) is 4.98 Å². The lowest BCUT2D eigenvalue weighted by Gasteiger charge is -2.25. The molecule has 98 valence electrons. The van der Waals surface area contributed by atoms with Crippen molar-refractivity contribution in [2.45, 2.75) is 41.0 Å². The molecule has 1 N–H and O–H groups in total. The number of aryl methyl sites for hydroxylation is 1. The third kappa shape index (κ3) is 4.76. The summed E-state index contributed by atoms with van der Waals surface area (Å²) >= 11 is 1.77. The van der Waals surface area contributed by atoms with E-state index in [1.807, 2.05) is 5.51 Å². The van der Waals surface area contributed by atoms with Gasteiger partial charge >= 0.3 is 0 Å². The van der Waals surface area contributed by atoms with Crippen LogP contribution in [0.3, 0.4) is 0 Å². The second-order valence-corrected chi connectivity index (χ2v) is 6.41. The van der Waals surface area contributed by atoms with Crippen LogP contribution in [0, 0.1) is 24.7 Å². The fraction of sp³-hybridized carbons (Fsp3) is 0.786. The van der Waals surface area contributed by atoms with Crippen molar-refractivity contribution in [3.8, 4) is 0 Å². The Morgan fingerprint density at radius 2 is 1.88 bits per heavy atom. The van der Waals surface area contributed by atoms with E-state index in [4.69, 9.17) is 0 Å². The zero-order valence-corrected chi connectivity index (χ0v) is 12.6. The van der Waals surface area contributed by atoms with Crippen molar-refractivity contribution in [1.29, 1.82) is 0 Å². The van der Waals surface area contributed by atoms with Crippen LogP contribution >= 0.6 is 11.3 Å². The van der Waals surface area contributed by atoms with Crippen LogP contribution < -0.4 is 5.32 Å². The zero-order chi connectivity index (χ0) is 12.8. The standard InChI is InChI=1S/C14H26N2S/c1-10(2)13(11(3)4)8-15-7-6-14-12(5)16-9-17-14/h9-11,13,15H,6-8H2,1-5H3. The number of nitrogens with zero attached hydrogens (tertiary/aromatic N) is 1. The molecule has 1 heterocycles. The predicted octanol–water partition coefficient (Wildman–Crippen LogP) is 3.51. The molecule has 2 nitrogen and oxygen atoms in total. The van der Waals surface area contributed by atoms with Crippen molar-refractivity contribution in [2.75, 3.05) is 13.1 Å². The van der Waals surface area contributed by atoms with Crippen molar-refractivity contribution in [1.82, 2.24) is 10.3 Å². The van der Waals surface area contributed by atoms with Gasteiger partial charge in [-0.3, -0.25) is 0 Å². The van der Waals surface area contributed by atoms with Gasteiger partial charge in [0.05, 0.1) is 11.2 Å². The molecule has 0 unspecified atom stereocenters. The zero-order valence-electron chi connectivity index (χ0n) is 11.8. The van der Waals surface area contributed by atoms with Gasteiger partial charge in [0.25, 0.3) is 0 Å². The van der Waals surface area contributed by atoms with Crippen LogP contribution in [0.15, 0.2) is 5.51 Å². The molecule has 0 aliphatic rings. The molecule has 0 amide bonds. The smallest absolute Gasteiger partial charge is 0.0797 e. The Morgan fingerprint density at radius 3 is 2.35 bits per heavy atom. The Bertz CT molecular complexity index is 310. The van der Waals surface area contributed by atoms with Crippen molar-refractivity contribution in [3.63, 3.8) is 0 Å². The molecule has 0 aliphatic carbocycles. The quantitative estimate of drug-likeness (QED) is 0.753. The maximum absolute atomic E-state index is 4.28. The molecule has 0 fully saturated rings. The molecular weight excluding hydrogens is 228 g/mol. The second kappa shape index (κ2) is 7.12. The summed E-state index contributed by atoms with van der Waals surface area (Å²) in [6, 6.07) is 0. The molecule has 0 aliphatic heterocycles. The fourth-order valence-corrected chi connectivity index (χ4v) is 3.06. The highest BCUT2D eigenvalue weighted by Crippen LogP contribution is 2.19. The average molecular weight is 254 g/mol. The summed E-state index contributed by atoms with van der Waals surface area (Å²) in [5.41, 5.74) is 3.14. The number of hydrogen-bond donors (Lipinski definition) is 1. The molecule has 0 bridgehead atoms. The van der Waals surface area contributed by atoms with E-state index in [1.165, 1.54) is 10.6 Å². The lowest BCUT2D eigenvalue weighted by Crippen LogP contribution is -2.31. The van der Waals surface area contributed by atoms with E-state index >= 15 is 0 Å². The maximum Gasteiger partial charge on any atom is 0.0797 e. The summed E-state index contributed by atoms with van der Waals surface area (Å²) < 4.78 is 0. The van der Waals surface area contributed by atoms with E-state index in [9.17, 15) is 0 Å². The molecule has 17 heavy (non-hydrogen) atoms. The molecule has 3 heteroatoms. The first kappa shape index (κ1) is 14.7. The Kier molecular flexibility index (Phi) is 6.14. The van der Waals surface area contributed by atoms with Gasteiger partial charge in [0, 0.05) is 11.4 Å². The molecule has 1 aromatic heterocycles. The first-order chi connectivity index (χ1) is 8.02. The van der Waals surface area contributed by atoms with Crippen LogP contribution in [0.4, 0.5) is 0 Å². The number of rotatable bonds is 7. The average Bonchev–Trinajstić information content (AvgIpc) is 2.63. The Balaban J connectivity index is 2.25.